The number of sulfonamides is 1. The van der Waals surface area contributed by atoms with Crippen molar-refractivity contribution < 1.29 is 23.1 Å². The number of rotatable bonds is 12. The molecule has 1 amide bonds. The van der Waals surface area contributed by atoms with E-state index in [4.69, 9.17) is 4.74 Å². The van der Waals surface area contributed by atoms with Gasteiger partial charge in [0.15, 0.2) is 0 Å². The molecule has 42 heavy (non-hydrogen) atoms. The van der Waals surface area contributed by atoms with Gasteiger partial charge in [-0.2, -0.15) is 0 Å². The van der Waals surface area contributed by atoms with Crippen molar-refractivity contribution in [2.75, 3.05) is 23.1 Å². The van der Waals surface area contributed by atoms with Crippen molar-refractivity contribution in [1.82, 2.24) is 10.6 Å². The normalized spacial score (nSPS) is 15.6. The molecule has 0 aliphatic carbocycles. The maximum atomic E-state index is 13.6. The Balaban J connectivity index is 0.00000484. The van der Waals surface area contributed by atoms with Crippen molar-refractivity contribution >= 4 is 65.9 Å². The highest BCUT2D eigenvalue weighted by Crippen LogP contribution is 2.30. The standard InChI is InChI=1S/C30H35Br2N3O5S.ClH/c1-20(2)40-27-15-23(14-26(17-27)35-9-6-10-41(35,38)39)30(37)34-28(13-21-7-4-3-5-8-21)29(36)19-33-18-22-11-24(31)16-25(32)12-22;/h3-5,7-8,11-12,14-17,20,28-29,33,36H,6,9-10,13,18-19H2,1-2H3,(H,34,37);1H/t28-,29+;/m0./s1. The van der Waals surface area contributed by atoms with Gasteiger partial charge in [-0.05, 0) is 68.1 Å². The number of nitrogens with zero attached hydrogens (tertiary/aromatic N) is 1. The molecule has 1 saturated heterocycles. The number of aliphatic hydroxyl groups excluding tert-OH is 1. The van der Waals surface area contributed by atoms with Gasteiger partial charge in [-0.15, -0.1) is 12.4 Å². The molecule has 0 aromatic heterocycles. The van der Waals surface area contributed by atoms with Gasteiger partial charge in [0.25, 0.3) is 5.91 Å². The number of hydrogen-bond donors (Lipinski definition) is 3. The number of anilines is 1. The van der Waals surface area contributed by atoms with Crippen LogP contribution in [0, 0.1) is 0 Å². The van der Waals surface area contributed by atoms with Crippen LogP contribution in [-0.2, 0) is 23.0 Å². The Kier molecular flexibility index (Phi) is 12.7. The van der Waals surface area contributed by atoms with Crippen LogP contribution < -0.4 is 19.7 Å². The van der Waals surface area contributed by atoms with Gasteiger partial charge in [0.05, 0.1) is 29.7 Å². The molecule has 3 N–H and O–H groups in total. The van der Waals surface area contributed by atoms with E-state index in [0.29, 0.717) is 37.4 Å². The molecule has 8 nitrogen and oxygen atoms in total. The number of halogens is 3. The Morgan fingerprint density at radius 3 is 2.33 bits per heavy atom. The lowest BCUT2D eigenvalue weighted by Gasteiger charge is -2.26. The minimum Gasteiger partial charge on any atom is -0.491 e. The molecule has 0 unspecified atom stereocenters. The number of carbonyl (C=O) groups excluding carboxylic acids is 1. The van der Waals surface area contributed by atoms with Crippen molar-refractivity contribution in [3.63, 3.8) is 0 Å². The fourth-order valence-electron chi connectivity index (χ4n) is 4.75. The molecule has 1 heterocycles. The highest BCUT2D eigenvalue weighted by Gasteiger charge is 2.30. The van der Waals surface area contributed by atoms with Gasteiger partial charge in [-0.1, -0.05) is 62.2 Å². The monoisotopic (exact) mass is 743 g/mol. The molecular weight excluding hydrogens is 710 g/mol. The number of aliphatic hydroxyl groups is 1. The summed E-state index contributed by atoms with van der Waals surface area (Å²) >= 11 is 6.99. The van der Waals surface area contributed by atoms with Crippen LogP contribution in [0.25, 0.3) is 0 Å². The average molecular weight is 746 g/mol. The first-order valence-corrected chi connectivity index (χ1v) is 16.7. The second-order valence-corrected chi connectivity index (χ2v) is 14.2. The third-order valence-electron chi connectivity index (χ3n) is 6.60. The highest BCUT2D eigenvalue weighted by atomic mass is 79.9. The molecular formula is C30H36Br2ClN3O5S. The molecule has 1 aliphatic rings. The minimum absolute atomic E-state index is 0. The smallest absolute Gasteiger partial charge is 0.251 e. The van der Waals surface area contributed by atoms with E-state index in [1.807, 2.05) is 62.4 Å². The third kappa shape index (κ3) is 9.68. The minimum atomic E-state index is -3.45. The molecule has 12 heteroatoms. The Morgan fingerprint density at radius 1 is 1.02 bits per heavy atom. The van der Waals surface area contributed by atoms with Crippen LogP contribution >= 0.6 is 44.3 Å². The van der Waals surface area contributed by atoms with Crippen LogP contribution in [0.5, 0.6) is 5.75 Å². The topological polar surface area (TPSA) is 108 Å². The summed E-state index contributed by atoms with van der Waals surface area (Å²) in [5, 5.41) is 17.5. The van der Waals surface area contributed by atoms with Crippen LogP contribution in [0.4, 0.5) is 5.69 Å². The van der Waals surface area contributed by atoms with Crippen LogP contribution in [0.1, 0.15) is 41.8 Å². The van der Waals surface area contributed by atoms with Crippen molar-refractivity contribution in [2.24, 2.45) is 0 Å². The van der Waals surface area contributed by atoms with E-state index in [-0.39, 0.29) is 36.4 Å². The van der Waals surface area contributed by atoms with E-state index < -0.39 is 28.1 Å². The van der Waals surface area contributed by atoms with Gasteiger partial charge in [0.1, 0.15) is 5.75 Å². The number of nitrogens with one attached hydrogen (secondary N) is 2. The van der Waals surface area contributed by atoms with Gasteiger partial charge in [-0.25, -0.2) is 8.42 Å². The molecule has 0 bridgehead atoms. The second-order valence-electron chi connectivity index (χ2n) is 10.4. The number of benzene rings is 3. The highest BCUT2D eigenvalue weighted by molar-refractivity contribution is 9.11. The molecule has 0 radical (unpaired) electrons. The third-order valence-corrected chi connectivity index (χ3v) is 9.38. The summed E-state index contributed by atoms with van der Waals surface area (Å²) in [6.45, 7) is 4.86. The fourth-order valence-corrected chi connectivity index (χ4v) is 7.69. The molecule has 1 aliphatic heterocycles. The van der Waals surface area contributed by atoms with Crippen LogP contribution in [-0.4, -0.2) is 56.5 Å². The summed E-state index contributed by atoms with van der Waals surface area (Å²) in [7, 11) is -3.45. The van der Waals surface area contributed by atoms with Crippen LogP contribution in [0.3, 0.4) is 0 Å². The first-order valence-electron chi connectivity index (χ1n) is 13.5. The Labute approximate surface area is 270 Å². The Morgan fingerprint density at radius 2 is 1.71 bits per heavy atom. The van der Waals surface area contributed by atoms with Gasteiger partial charge < -0.3 is 20.5 Å². The zero-order valence-electron chi connectivity index (χ0n) is 23.4. The van der Waals surface area contributed by atoms with Crippen molar-refractivity contribution in [1.29, 1.82) is 0 Å². The molecule has 0 saturated carbocycles. The predicted molar refractivity (Wildman–Crippen MR) is 176 cm³/mol. The quantitative estimate of drug-likeness (QED) is 0.228. The number of ether oxygens (including phenoxy) is 1. The predicted octanol–water partition coefficient (Wildman–Crippen LogP) is 5.45. The summed E-state index contributed by atoms with van der Waals surface area (Å²) in [5.74, 6) is 0.0543. The number of carbonyl (C=O) groups is 1. The van der Waals surface area contributed by atoms with Crippen molar-refractivity contribution in [3.05, 3.63) is 92.4 Å². The second kappa shape index (κ2) is 15.5. The molecule has 3 aromatic carbocycles. The summed E-state index contributed by atoms with van der Waals surface area (Å²) in [6, 6.07) is 19.8. The van der Waals surface area contributed by atoms with E-state index in [2.05, 4.69) is 42.5 Å². The molecule has 1 fully saturated rings. The van der Waals surface area contributed by atoms with Crippen LogP contribution in [0.15, 0.2) is 75.7 Å². The van der Waals surface area contributed by atoms with Gasteiger partial charge >= 0.3 is 0 Å². The number of hydrogen-bond acceptors (Lipinski definition) is 6. The fraction of sp³-hybridized carbons (Fsp3) is 0.367. The largest absolute Gasteiger partial charge is 0.491 e. The average Bonchev–Trinajstić information content (AvgIpc) is 3.26. The summed E-state index contributed by atoms with van der Waals surface area (Å²) in [4.78, 5) is 13.6. The van der Waals surface area contributed by atoms with E-state index in [9.17, 15) is 18.3 Å². The zero-order chi connectivity index (χ0) is 29.6. The lowest BCUT2D eigenvalue weighted by atomic mass is 10.00. The molecule has 0 spiro atoms. The SMILES string of the molecule is CC(C)Oc1cc(C(=O)N[C@@H](Cc2ccccc2)[C@H](O)CNCc2cc(Br)cc(Br)c2)cc(N2CCCS2(=O)=O)c1.Cl. The first kappa shape index (κ1) is 34.3. The summed E-state index contributed by atoms with van der Waals surface area (Å²) in [6.07, 6.45) is -0.133. The van der Waals surface area contributed by atoms with Crippen molar-refractivity contribution in [3.8, 4) is 5.75 Å². The molecule has 4 rings (SSSR count). The van der Waals surface area contributed by atoms with Gasteiger partial charge in [0.2, 0.25) is 10.0 Å². The molecule has 228 valence electrons. The molecule has 3 aromatic rings. The number of amides is 1. The Hall–Kier alpha value is -2.15. The van der Waals surface area contributed by atoms with E-state index in [1.54, 1.807) is 18.2 Å². The zero-order valence-corrected chi connectivity index (χ0v) is 28.2. The summed E-state index contributed by atoms with van der Waals surface area (Å²) < 4.78 is 34.3. The van der Waals surface area contributed by atoms with Crippen molar-refractivity contribution in [2.45, 2.75) is 51.5 Å². The van der Waals surface area contributed by atoms with E-state index >= 15 is 0 Å². The van der Waals surface area contributed by atoms with E-state index in [1.165, 1.54) is 4.31 Å². The Bertz CT molecular complexity index is 1440. The lowest BCUT2D eigenvalue weighted by Crippen LogP contribution is -2.48. The molecule has 2 atom stereocenters. The maximum Gasteiger partial charge on any atom is 0.251 e. The van der Waals surface area contributed by atoms with Gasteiger partial charge in [0, 0.05) is 40.2 Å². The van der Waals surface area contributed by atoms with Crippen LogP contribution in [0.2, 0.25) is 0 Å². The lowest BCUT2D eigenvalue weighted by molar-refractivity contribution is 0.0829. The first-order chi connectivity index (χ1) is 19.5. The summed E-state index contributed by atoms with van der Waals surface area (Å²) in [5.41, 5.74) is 2.66. The maximum absolute atomic E-state index is 13.6. The van der Waals surface area contributed by atoms with Gasteiger partial charge in [-0.3, -0.25) is 9.10 Å². The van der Waals surface area contributed by atoms with E-state index in [0.717, 1.165) is 20.1 Å².